The van der Waals surface area contributed by atoms with Crippen molar-refractivity contribution in [3.05, 3.63) is 0 Å². The van der Waals surface area contributed by atoms with Gasteiger partial charge in [0.25, 0.3) is 0 Å². The highest BCUT2D eigenvalue weighted by atomic mass is 28.4. The van der Waals surface area contributed by atoms with Crippen molar-refractivity contribution in [2.24, 2.45) is 0 Å². The van der Waals surface area contributed by atoms with Gasteiger partial charge in [-0.25, -0.2) is 0 Å². The Bertz CT molecular complexity index is 195. The minimum absolute atomic E-state index is 1.11. The van der Waals surface area contributed by atoms with Gasteiger partial charge in [-0.2, -0.15) is 0 Å². The van der Waals surface area contributed by atoms with Gasteiger partial charge in [0, 0.05) is 40.4 Å². The Hall–Kier alpha value is 0.0569. The number of hydrogen-bond acceptors (Lipinski definition) is 4. The van der Waals surface area contributed by atoms with Crippen molar-refractivity contribution < 1.29 is 8.85 Å². The second-order valence-corrected chi connectivity index (χ2v) is 8.40. The number of nitrogens with one attached hydrogen (secondary N) is 1. The minimum atomic E-state index is -1.87. The lowest BCUT2D eigenvalue weighted by Gasteiger charge is -2.30. The smallest absolute Gasteiger partial charge is 0.337 e. The van der Waals surface area contributed by atoms with Crippen molar-refractivity contribution in [1.82, 2.24) is 10.2 Å². The van der Waals surface area contributed by atoms with E-state index in [-0.39, 0.29) is 0 Å². The van der Waals surface area contributed by atoms with E-state index in [1.54, 1.807) is 0 Å². The highest BCUT2D eigenvalue weighted by molar-refractivity contribution is 6.67. The topological polar surface area (TPSA) is 33.7 Å². The van der Waals surface area contributed by atoms with Crippen LogP contribution in [-0.4, -0.2) is 60.4 Å². The van der Waals surface area contributed by atoms with Gasteiger partial charge in [-0.15, -0.1) is 0 Å². The highest BCUT2D eigenvalue weighted by Crippen LogP contribution is 2.21. The maximum absolute atomic E-state index is 5.70. The van der Waals surface area contributed by atoms with Gasteiger partial charge in [0.05, 0.1) is 0 Å². The van der Waals surface area contributed by atoms with Crippen molar-refractivity contribution in [3.63, 3.8) is 0 Å². The van der Waals surface area contributed by atoms with E-state index in [0.717, 1.165) is 31.6 Å². The molecular formula is C12H28N2O2Si. The number of rotatable bonds is 8. The van der Waals surface area contributed by atoms with E-state index in [2.05, 4.69) is 17.1 Å². The third-order valence-electron chi connectivity index (χ3n) is 3.62. The quantitative estimate of drug-likeness (QED) is 0.669. The molecule has 0 radical (unpaired) electrons. The van der Waals surface area contributed by atoms with E-state index in [1.165, 1.54) is 26.1 Å². The molecule has 0 aliphatic carbocycles. The molecular weight excluding hydrogens is 232 g/mol. The molecule has 0 saturated carbocycles. The van der Waals surface area contributed by atoms with Crippen LogP contribution in [0.3, 0.4) is 0 Å². The fraction of sp³-hybridized carbons (Fsp3) is 1.00. The Morgan fingerprint density at radius 2 is 1.76 bits per heavy atom. The van der Waals surface area contributed by atoms with E-state index in [9.17, 15) is 0 Å². The number of piperazine rings is 1. The molecule has 102 valence electrons. The van der Waals surface area contributed by atoms with E-state index in [0.29, 0.717) is 0 Å². The average Bonchev–Trinajstić information content (AvgIpc) is 2.39. The normalized spacial score (nSPS) is 18.5. The van der Waals surface area contributed by atoms with E-state index in [1.807, 2.05) is 14.2 Å². The lowest BCUT2D eigenvalue weighted by Crippen LogP contribution is -2.45. The second kappa shape index (κ2) is 8.21. The fourth-order valence-corrected chi connectivity index (χ4v) is 5.20. The maximum Gasteiger partial charge on any atom is 0.337 e. The van der Waals surface area contributed by atoms with E-state index < -0.39 is 8.56 Å². The van der Waals surface area contributed by atoms with Gasteiger partial charge in [-0.3, -0.25) is 0 Å². The molecule has 0 bridgehead atoms. The molecule has 1 rings (SSSR count). The molecule has 1 aliphatic rings. The van der Waals surface area contributed by atoms with Crippen LogP contribution >= 0.6 is 0 Å². The molecule has 4 nitrogen and oxygen atoms in total. The van der Waals surface area contributed by atoms with Crippen molar-refractivity contribution in [1.29, 1.82) is 0 Å². The van der Waals surface area contributed by atoms with Gasteiger partial charge in [0.1, 0.15) is 0 Å². The van der Waals surface area contributed by atoms with Crippen LogP contribution in [0.5, 0.6) is 0 Å². The van der Waals surface area contributed by atoms with Crippen LogP contribution in [0, 0.1) is 0 Å². The molecule has 0 amide bonds. The predicted molar refractivity (Wildman–Crippen MR) is 73.6 cm³/mol. The SMILES string of the molecule is CCC[Si](CCCN1CCNCC1)(OC)OC. The average molecular weight is 260 g/mol. The molecule has 0 unspecified atom stereocenters. The zero-order chi connectivity index (χ0) is 12.6. The lowest BCUT2D eigenvalue weighted by molar-refractivity contribution is 0.222. The van der Waals surface area contributed by atoms with Crippen LogP contribution in [0.1, 0.15) is 19.8 Å². The van der Waals surface area contributed by atoms with Crippen LogP contribution in [0.2, 0.25) is 12.1 Å². The Balaban J connectivity index is 2.25. The Kier molecular flexibility index (Phi) is 7.30. The van der Waals surface area contributed by atoms with Gasteiger partial charge < -0.3 is 19.1 Å². The maximum atomic E-state index is 5.70. The zero-order valence-corrected chi connectivity index (χ0v) is 12.6. The number of nitrogens with zero attached hydrogens (tertiary/aromatic N) is 1. The summed E-state index contributed by atoms with van der Waals surface area (Å²) in [5.41, 5.74) is 0. The zero-order valence-electron chi connectivity index (χ0n) is 11.6. The fourth-order valence-electron chi connectivity index (χ4n) is 2.50. The molecule has 1 heterocycles. The molecule has 1 N–H and O–H groups in total. The Morgan fingerprint density at radius 3 is 2.29 bits per heavy atom. The highest BCUT2D eigenvalue weighted by Gasteiger charge is 2.33. The summed E-state index contributed by atoms with van der Waals surface area (Å²) in [7, 11) is 1.76. The van der Waals surface area contributed by atoms with Gasteiger partial charge in [0.15, 0.2) is 0 Å². The lowest BCUT2D eigenvalue weighted by atomic mass is 10.3. The monoisotopic (exact) mass is 260 g/mol. The summed E-state index contributed by atoms with van der Waals surface area (Å²) in [4.78, 5) is 2.53. The standard InChI is InChI=1S/C12H28N2O2Si/c1-4-11-17(15-2,16-3)12-5-8-14-9-6-13-7-10-14/h13H,4-12H2,1-3H3. The first-order valence-corrected chi connectivity index (χ1v) is 9.03. The molecule has 0 aromatic carbocycles. The molecule has 1 saturated heterocycles. The van der Waals surface area contributed by atoms with Gasteiger partial charge in [-0.05, 0) is 25.1 Å². The molecule has 0 atom stereocenters. The summed E-state index contributed by atoms with van der Waals surface area (Å²) in [5, 5.41) is 3.38. The van der Waals surface area contributed by atoms with Crippen LogP contribution in [0.4, 0.5) is 0 Å². The molecule has 1 aliphatic heterocycles. The van der Waals surface area contributed by atoms with Crippen molar-refractivity contribution in [2.45, 2.75) is 31.9 Å². The Morgan fingerprint density at radius 1 is 1.12 bits per heavy atom. The first-order chi connectivity index (χ1) is 8.26. The molecule has 0 aromatic rings. The molecule has 0 spiro atoms. The summed E-state index contributed by atoms with van der Waals surface area (Å²) < 4.78 is 11.4. The summed E-state index contributed by atoms with van der Waals surface area (Å²) in [6.45, 7) is 8.02. The summed E-state index contributed by atoms with van der Waals surface area (Å²) in [6, 6.07) is 2.24. The largest absolute Gasteiger partial charge is 0.398 e. The molecule has 5 heteroatoms. The summed E-state index contributed by atoms with van der Waals surface area (Å²) >= 11 is 0. The van der Waals surface area contributed by atoms with Gasteiger partial charge in [-0.1, -0.05) is 13.3 Å². The Labute approximate surface area is 107 Å². The van der Waals surface area contributed by atoms with Crippen LogP contribution in [0.15, 0.2) is 0 Å². The summed E-state index contributed by atoms with van der Waals surface area (Å²) in [6.07, 6.45) is 2.36. The van der Waals surface area contributed by atoms with Gasteiger partial charge >= 0.3 is 8.56 Å². The number of hydrogen-bond donors (Lipinski definition) is 1. The van der Waals surface area contributed by atoms with Crippen LogP contribution < -0.4 is 5.32 Å². The van der Waals surface area contributed by atoms with Crippen LogP contribution in [-0.2, 0) is 8.85 Å². The first-order valence-electron chi connectivity index (χ1n) is 6.79. The molecule has 17 heavy (non-hydrogen) atoms. The van der Waals surface area contributed by atoms with Crippen LogP contribution in [0.25, 0.3) is 0 Å². The minimum Gasteiger partial charge on any atom is -0.398 e. The summed E-state index contributed by atoms with van der Waals surface area (Å²) in [5.74, 6) is 0. The molecule has 0 aromatic heterocycles. The van der Waals surface area contributed by atoms with E-state index in [4.69, 9.17) is 8.85 Å². The third kappa shape index (κ3) is 5.05. The molecule has 1 fully saturated rings. The van der Waals surface area contributed by atoms with Crippen molar-refractivity contribution >= 4 is 8.56 Å². The third-order valence-corrected chi connectivity index (χ3v) is 7.48. The first kappa shape index (κ1) is 15.1. The van der Waals surface area contributed by atoms with E-state index >= 15 is 0 Å². The van der Waals surface area contributed by atoms with Gasteiger partial charge in [0.2, 0.25) is 0 Å². The van der Waals surface area contributed by atoms with Crippen molar-refractivity contribution in [3.8, 4) is 0 Å². The van der Waals surface area contributed by atoms with Crippen molar-refractivity contribution in [2.75, 3.05) is 46.9 Å². The predicted octanol–water partition coefficient (Wildman–Crippen LogP) is 1.43. The second-order valence-electron chi connectivity index (χ2n) is 4.76.